The van der Waals surface area contributed by atoms with E-state index in [4.69, 9.17) is 0 Å². The van der Waals surface area contributed by atoms with E-state index in [-0.39, 0.29) is 6.03 Å². The van der Waals surface area contributed by atoms with E-state index in [9.17, 15) is 4.79 Å². The van der Waals surface area contributed by atoms with Crippen LogP contribution in [-0.4, -0.2) is 33.3 Å². The van der Waals surface area contributed by atoms with Crippen LogP contribution in [0.1, 0.15) is 26.2 Å². The fourth-order valence-electron chi connectivity index (χ4n) is 2.99. The minimum Gasteiger partial charge on any atom is -0.322 e. The highest BCUT2D eigenvalue weighted by Gasteiger charge is 2.23. The number of hydrogen-bond acceptors (Lipinski definition) is 2. The minimum atomic E-state index is -0.0510. The molecular weight excluding hydrogens is 276 g/mol. The predicted molar refractivity (Wildman–Crippen MR) is 87.7 cm³/mol. The summed E-state index contributed by atoms with van der Waals surface area (Å²) in [6.45, 7) is 2.93. The number of amides is 2. The van der Waals surface area contributed by atoms with Crippen molar-refractivity contribution in [2.75, 3.05) is 11.9 Å². The predicted octanol–water partition coefficient (Wildman–Crippen LogP) is 3.49. The first-order chi connectivity index (χ1) is 10.6. The van der Waals surface area contributed by atoms with Crippen molar-refractivity contribution in [3.63, 3.8) is 0 Å². The Balaban J connectivity index is 1.75. The molecule has 1 atom stereocenters. The molecule has 0 radical (unpaired) electrons. The first-order valence-electron chi connectivity index (χ1n) is 7.82. The Kier molecular flexibility index (Phi) is 4.13. The Morgan fingerprint density at radius 1 is 1.27 bits per heavy atom. The number of carbonyl (C=O) groups is 1. The van der Waals surface area contributed by atoms with Gasteiger partial charge in [-0.15, -0.1) is 0 Å². The molecule has 5 heteroatoms. The molecule has 116 valence electrons. The number of aryl methyl sites for hydroxylation is 1. The lowest BCUT2D eigenvalue weighted by Gasteiger charge is -2.33. The smallest absolute Gasteiger partial charge is 0.322 e. The van der Waals surface area contributed by atoms with Crippen molar-refractivity contribution in [3.8, 4) is 11.3 Å². The van der Waals surface area contributed by atoms with Crippen molar-refractivity contribution in [3.05, 3.63) is 36.4 Å². The van der Waals surface area contributed by atoms with Crippen LogP contribution in [0.25, 0.3) is 11.3 Å². The summed E-state index contributed by atoms with van der Waals surface area (Å²) in [4.78, 5) is 14.3. The largest absolute Gasteiger partial charge is 0.323 e. The van der Waals surface area contributed by atoms with Gasteiger partial charge in [0.05, 0.1) is 5.69 Å². The Hall–Kier alpha value is -2.30. The highest BCUT2D eigenvalue weighted by atomic mass is 16.2. The lowest BCUT2D eigenvalue weighted by Crippen LogP contribution is -2.44. The molecular formula is C17H22N4O. The lowest BCUT2D eigenvalue weighted by molar-refractivity contribution is 0.170. The molecule has 0 aliphatic carbocycles. The summed E-state index contributed by atoms with van der Waals surface area (Å²) in [5.41, 5.74) is 2.08. The van der Waals surface area contributed by atoms with E-state index >= 15 is 0 Å². The molecule has 22 heavy (non-hydrogen) atoms. The van der Waals surface area contributed by atoms with Gasteiger partial charge in [-0.2, -0.15) is 5.10 Å². The van der Waals surface area contributed by atoms with Gasteiger partial charge in [0.15, 0.2) is 5.82 Å². The number of carbonyl (C=O) groups excluding carboxylic acids is 1. The lowest BCUT2D eigenvalue weighted by atomic mass is 10.0. The second-order valence-electron chi connectivity index (χ2n) is 5.87. The molecule has 2 aromatic rings. The van der Waals surface area contributed by atoms with E-state index in [1.807, 2.05) is 48.3 Å². The van der Waals surface area contributed by atoms with E-state index in [2.05, 4.69) is 17.3 Å². The van der Waals surface area contributed by atoms with Gasteiger partial charge in [0.2, 0.25) is 0 Å². The normalized spacial score (nSPS) is 18.3. The van der Waals surface area contributed by atoms with Crippen LogP contribution >= 0.6 is 0 Å². The van der Waals surface area contributed by atoms with Gasteiger partial charge in [-0.05, 0) is 31.7 Å². The Labute approximate surface area is 130 Å². The summed E-state index contributed by atoms with van der Waals surface area (Å²) in [6, 6.07) is 12.2. The zero-order valence-corrected chi connectivity index (χ0v) is 13.1. The van der Waals surface area contributed by atoms with Gasteiger partial charge in [-0.1, -0.05) is 30.3 Å². The van der Waals surface area contributed by atoms with Crippen molar-refractivity contribution < 1.29 is 4.79 Å². The number of nitrogens with zero attached hydrogens (tertiary/aromatic N) is 3. The number of benzene rings is 1. The maximum Gasteiger partial charge on any atom is 0.323 e. The second-order valence-corrected chi connectivity index (χ2v) is 5.87. The molecule has 1 N–H and O–H groups in total. The number of piperidine rings is 1. The average molecular weight is 298 g/mol. The number of likely N-dealkylation sites (tertiary alicyclic amines) is 1. The maximum atomic E-state index is 12.4. The molecule has 5 nitrogen and oxygen atoms in total. The van der Waals surface area contributed by atoms with Crippen LogP contribution in [0.15, 0.2) is 36.4 Å². The van der Waals surface area contributed by atoms with Crippen molar-refractivity contribution in [2.24, 2.45) is 7.05 Å². The molecule has 2 amide bonds. The van der Waals surface area contributed by atoms with Gasteiger partial charge in [0.1, 0.15) is 0 Å². The summed E-state index contributed by atoms with van der Waals surface area (Å²) >= 11 is 0. The number of rotatable bonds is 2. The number of urea groups is 1. The van der Waals surface area contributed by atoms with E-state index in [0.717, 1.165) is 30.6 Å². The van der Waals surface area contributed by atoms with Gasteiger partial charge in [-0.25, -0.2) is 4.79 Å². The summed E-state index contributed by atoms with van der Waals surface area (Å²) in [5, 5.41) is 7.33. The second kappa shape index (κ2) is 6.22. The van der Waals surface area contributed by atoms with Crippen LogP contribution in [0.4, 0.5) is 10.6 Å². The zero-order chi connectivity index (χ0) is 15.5. The highest BCUT2D eigenvalue weighted by molar-refractivity contribution is 5.89. The summed E-state index contributed by atoms with van der Waals surface area (Å²) in [7, 11) is 1.89. The average Bonchev–Trinajstić information content (AvgIpc) is 2.89. The standard InChI is InChI=1S/C17H22N4O/c1-13-8-6-7-11-21(13)17(22)18-16-12-15(20(2)19-16)14-9-4-3-5-10-14/h3-5,9-10,12-13H,6-8,11H2,1-2H3,(H,18,19,22). The topological polar surface area (TPSA) is 50.2 Å². The number of aromatic nitrogens is 2. The van der Waals surface area contributed by atoms with Crippen LogP contribution < -0.4 is 5.32 Å². The van der Waals surface area contributed by atoms with Crippen molar-refractivity contribution in [1.82, 2.24) is 14.7 Å². The first kappa shape index (κ1) is 14.6. The van der Waals surface area contributed by atoms with Crippen LogP contribution in [0.2, 0.25) is 0 Å². The molecule has 0 bridgehead atoms. The molecule has 2 heterocycles. The SMILES string of the molecule is CC1CCCCN1C(=O)Nc1cc(-c2ccccc2)n(C)n1. The van der Waals surface area contributed by atoms with Crippen LogP contribution in [0.3, 0.4) is 0 Å². The number of anilines is 1. The molecule has 1 aromatic heterocycles. The van der Waals surface area contributed by atoms with E-state index < -0.39 is 0 Å². The van der Waals surface area contributed by atoms with Crippen molar-refractivity contribution in [2.45, 2.75) is 32.2 Å². The van der Waals surface area contributed by atoms with Gasteiger partial charge in [0.25, 0.3) is 0 Å². The van der Waals surface area contributed by atoms with Crippen molar-refractivity contribution in [1.29, 1.82) is 0 Å². The zero-order valence-electron chi connectivity index (χ0n) is 13.1. The third-order valence-electron chi connectivity index (χ3n) is 4.25. The summed E-state index contributed by atoms with van der Waals surface area (Å²) in [5.74, 6) is 0.601. The molecule has 0 saturated carbocycles. The summed E-state index contributed by atoms with van der Waals surface area (Å²) in [6.07, 6.45) is 3.35. The number of nitrogens with one attached hydrogen (secondary N) is 1. The van der Waals surface area contributed by atoms with Crippen LogP contribution in [-0.2, 0) is 7.05 Å². The van der Waals surface area contributed by atoms with E-state index in [0.29, 0.717) is 11.9 Å². The fraction of sp³-hybridized carbons (Fsp3) is 0.412. The quantitative estimate of drug-likeness (QED) is 0.922. The summed E-state index contributed by atoms with van der Waals surface area (Å²) < 4.78 is 1.80. The van der Waals surface area contributed by atoms with Crippen molar-refractivity contribution >= 4 is 11.8 Å². The Bertz CT molecular complexity index is 650. The molecule has 1 aliphatic rings. The molecule has 1 aromatic carbocycles. The van der Waals surface area contributed by atoms with Gasteiger partial charge in [0, 0.05) is 25.7 Å². The third-order valence-corrected chi connectivity index (χ3v) is 4.25. The van der Waals surface area contributed by atoms with Crippen LogP contribution in [0, 0.1) is 0 Å². The molecule has 0 spiro atoms. The molecule has 1 saturated heterocycles. The van der Waals surface area contributed by atoms with Gasteiger partial charge in [-0.3, -0.25) is 10.00 Å². The fourth-order valence-corrected chi connectivity index (χ4v) is 2.99. The Morgan fingerprint density at radius 2 is 2.05 bits per heavy atom. The number of hydrogen-bond donors (Lipinski definition) is 1. The monoisotopic (exact) mass is 298 g/mol. The first-order valence-corrected chi connectivity index (χ1v) is 7.82. The van der Waals surface area contributed by atoms with Gasteiger partial charge >= 0.3 is 6.03 Å². The molecule has 1 fully saturated rings. The molecule has 1 aliphatic heterocycles. The minimum absolute atomic E-state index is 0.0510. The van der Waals surface area contributed by atoms with Crippen LogP contribution in [0.5, 0.6) is 0 Å². The molecule has 1 unspecified atom stereocenters. The Morgan fingerprint density at radius 3 is 2.77 bits per heavy atom. The van der Waals surface area contributed by atoms with E-state index in [1.165, 1.54) is 6.42 Å². The highest BCUT2D eigenvalue weighted by Crippen LogP contribution is 2.23. The molecule has 3 rings (SSSR count). The van der Waals surface area contributed by atoms with Gasteiger partial charge < -0.3 is 4.90 Å². The maximum absolute atomic E-state index is 12.4. The third kappa shape index (κ3) is 2.98. The van der Waals surface area contributed by atoms with E-state index in [1.54, 1.807) is 4.68 Å².